The standard InChI is InChI=1S/C40H78O2/c1-6-10-14-18-20-22-24-26-28-32-37(5)36-38(33-29-16-12-8-3)39(34-30-17-13-9-4)42-40(41)35-31-27-25-23-21-19-15-11-7-2/h38-39H,5-36H2,1-4H3. The maximum atomic E-state index is 13.0. The van der Waals surface area contributed by atoms with Crippen LogP contribution in [0.4, 0.5) is 0 Å². The first-order valence-corrected chi connectivity index (χ1v) is 19.4. The lowest BCUT2D eigenvalue weighted by molar-refractivity contribution is -0.152. The van der Waals surface area contributed by atoms with Crippen molar-refractivity contribution in [2.24, 2.45) is 5.92 Å². The van der Waals surface area contributed by atoms with Crippen molar-refractivity contribution in [3.8, 4) is 0 Å². The van der Waals surface area contributed by atoms with Gasteiger partial charge < -0.3 is 4.74 Å². The number of esters is 1. The molecule has 0 aliphatic rings. The number of hydrogen-bond acceptors (Lipinski definition) is 2. The molecule has 0 spiro atoms. The number of hydrogen-bond donors (Lipinski definition) is 0. The third-order valence-corrected chi connectivity index (χ3v) is 9.25. The number of rotatable bonds is 34. The van der Waals surface area contributed by atoms with Gasteiger partial charge in [-0.2, -0.15) is 0 Å². The lowest BCUT2D eigenvalue weighted by Gasteiger charge is -2.28. The molecular formula is C40H78O2. The van der Waals surface area contributed by atoms with Crippen LogP contribution < -0.4 is 0 Å². The fraction of sp³-hybridized carbons (Fsp3) is 0.925. The Morgan fingerprint density at radius 1 is 0.476 bits per heavy atom. The minimum Gasteiger partial charge on any atom is -0.462 e. The van der Waals surface area contributed by atoms with Crippen molar-refractivity contribution < 1.29 is 9.53 Å². The molecule has 0 N–H and O–H groups in total. The Morgan fingerprint density at radius 2 is 0.833 bits per heavy atom. The summed E-state index contributed by atoms with van der Waals surface area (Å²) in [5.41, 5.74) is 1.40. The highest BCUT2D eigenvalue weighted by atomic mass is 16.5. The number of carbonyl (C=O) groups is 1. The molecule has 0 amide bonds. The van der Waals surface area contributed by atoms with Gasteiger partial charge in [0.1, 0.15) is 6.10 Å². The van der Waals surface area contributed by atoms with E-state index in [4.69, 9.17) is 4.74 Å². The van der Waals surface area contributed by atoms with Gasteiger partial charge in [0.05, 0.1) is 0 Å². The second-order valence-electron chi connectivity index (χ2n) is 13.6. The second kappa shape index (κ2) is 33.1. The lowest BCUT2D eigenvalue weighted by Crippen LogP contribution is -2.28. The van der Waals surface area contributed by atoms with Crippen LogP contribution in [0.25, 0.3) is 0 Å². The Labute approximate surface area is 266 Å². The van der Waals surface area contributed by atoms with Gasteiger partial charge in [0.2, 0.25) is 0 Å². The summed E-state index contributed by atoms with van der Waals surface area (Å²) in [5, 5.41) is 0. The van der Waals surface area contributed by atoms with E-state index in [2.05, 4.69) is 34.3 Å². The minimum atomic E-state index is 0.0570. The van der Waals surface area contributed by atoms with E-state index >= 15 is 0 Å². The summed E-state index contributed by atoms with van der Waals surface area (Å²) >= 11 is 0. The Bertz CT molecular complexity index is 518. The van der Waals surface area contributed by atoms with E-state index in [1.807, 2.05) is 0 Å². The predicted molar refractivity (Wildman–Crippen MR) is 188 cm³/mol. The van der Waals surface area contributed by atoms with E-state index in [-0.39, 0.29) is 12.1 Å². The fourth-order valence-corrected chi connectivity index (χ4v) is 6.38. The van der Waals surface area contributed by atoms with Crippen molar-refractivity contribution >= 4 is 5.97 Å². The average molecular weight is 591 g/mol. The molecule has 0 aliphatic carbocycles. The van der Waals surface area contributed by atoms with Gasteiger partial charge in [-0.1, -0.05) is 188 Å². The van der Waals surface area contributed by atoms with Gasteiger partial charge in [0, 0.05) is 6.42 Å². The lowest BCUT2D eigenvalue weighted by atomic mass is 9.85. The number of ether oxygens (including phenoxy) is 1. The van der Waals surface area contributed by atoms with Gasteiger partial charge in [-0.15, -0.1) is 0 Å². The highest BCUT2D eigenvalue weighted by molar-refractivity contribution is 5.69. The van der Waals surface area contributed by atoms with E-state index in [1.165, 1.54) is 173 Å². The third-order valence-electron chi connectivity index (χ3n) is 9.25. The molecule has 250 valence electrons. The summed E-state index contributed by atoms with van der Waals surface area (Å²) in [6.07, 6.45) is 39.1. The molecule has 0 saturated heterocycles. The summed E-state index contributed by atoms with van der Waals surface area (Å²) in [6.45, 7) is 13.7. The van der Waals surface area contributed by atoms with Crippen LogP contribution in [0.2, 0.25) is 0 Å². The maximum Gasteiger partial charge on any atom is 0.306 e. The summed E-state index contributed by atoms with van der Waals surface area (Å²) < 4.78 is 6.34. The molecule has 0 rings (SSSR count). The van der Waals surface area contributed by atoms with Gasteiger partial charge in [-0.25, -0.2) is 0 Å². The van der Waals surface area contributed by atoms with E-state index in [0.717, 1.165) is 25.7 Å². The molecule has 0 radical (unpaired) electrons. The van der Waals surface area contributed by atoms with Crippen molar-refractivity contribution in [3.05, 3.63) is 12.2 Å². The Hall–Kier alpha value is -0.790. The topological polar surface area (TPSA) is 26.3 Å². The molecule has 0 bridgehead atoms. The molecule has 0 aliphatic heterocycles. The first-order chi connectivity index (χ1) is 20.6. The van der Waals surface area contributed by atoms with Crippen LogP contribution >= 0.6 is 0 Å². The Morgan fingerprint density at radius 3 is 1.29 bits per heavy atom. The van der Waals surface area contributed by atoms with Crippen LogP contribution in [0.15, 0.2) is 12.2 Å². The van der Waals surface area contributed by atoms with Gasteiger partial charge in [-0.3, -0.25) is 4.79 Å². The van der Waals surface area contributed by atoms with E-state index in [9.17, 15) is 4.79 Å². The second-order valence-corrected chi connectivity index (χ2v) is 13.6. The van der Waals surface area contributed by atoms with Crippen LogP contribution in [-0.2, 0) is 9.53 Å². The molecular weight excluding hydrogens is 512 g/mol. The molecule has 2 atom stereocenters. The molecule has 42 heavy (non-hydrogen) atoms. The molecule has 2 heteroatoms. The Kier molecular flexibility index (Phi) is 32.5. The van der Waals surface area contributed by atoms with E-state index in [1.54, 1.807) is 0 Å². The monoisotopic (exact) mass is 591 g/mol. The summed E-state index contributed by atoms with van der Waals surface area (Å²) in [5.74, 6) is 0.503. The molecule has 0 aromatic heterocycles. The van der Waals surface area contributed by atoms with E-state index in [0.29, 0.717) is 12.3 Å². The summed E-state index contributed by atoms with van der Waals surface area (Å²) in [7, 11) is 0. The van der Waals surface area contributed by atoms with Gasteiger partial charge >= 0.3 is 5.97 Å². The highest BCUT2D eigenvalue weighted by Crippen LogP contribution is 2.30. The molecule has 2 unspecified atom stereocenters. The first kappa shape index (κ1) is 41.2. The number of allylic oxidation sites excluding steroid dienone is 1. The zero-order valence-corrected chi connectivity index (χ0v) is 29.6. The molecule has 0 aromatic carbocycles. The summed E-state index contributed by atoms with van der Waals surface area (Å²) in [6, 6.07) is 0. The predicted octanol–water partition coefficient (Wildman–Crippen LogP) is 14.2. The van der Waals surface area contributed by atoms with Crippen LogP contribution in [0.3, 0.4) is 0 Å². The average Bonchev–Trinajstić information content (AvgIpc) is 2.98. The summed E-state index contributed by atoms with van der Waals surface area (Å²) in [4.78, 5) is 13.0. The quantitative estimate of drug-likeness (QED) is 0.0423. The van der Waals surface area contributed by atoms with Gasteiger partial charge in [0.25, 0.3) is 0 Å². The van der Waals surface area contributed by atoms with Crippen molar-refractivity contribution in [1.29, 1.82) is 0 Å². The highest BCUT2D eigenvalue weighted by Gasteiger charge is 2.25. The van der Waals surface area contributed by atoms with Crippen molar-refractivity contribution in [2.75, 3.05) is 0 Å². The van der Waals surface area contributed by atoms with Crippen molar-refractivity contribution in [1.82, 2.24) is 0 Å². The van der Waals surface area contributed by atoms with Gasteiger partial charge in [-0.05, 0) is 50.9 Å². The SMILES string of the molecule is C=C(CCCCCCCCCCC)CC(CCCCCC)C(CCCCCC)OC(=O)CCCCCCCCCCC. The largest absolute Gasteiger partial charge is 0.462 e. The first-order valence-electron chi connectivity index (χ1n) is 19.4. The van der Waals surface area contributed by atoms with Crippen LogP contribution in [-0.4, -0.2) is 12.1 Å². The minimum absolute atomic E-state index is 0.0570. The molecule has 0 aromatic rings. The molecule has 0 saturated carbocycles. The van der Waals surface area contributed by atoms with Gasteiger partial charge in [0.15, 0.2) is 0 Å². The van der Waals surface area contributed by atoms with E-state index < -0.39 is 0 Å². The molecule has 0 heterocycles. The Balaban J connectivity index is 4.76. The molecule has 2 nitrogen and oxygen atoms in total. The number of carbonyl (C=O) groups excluding carboxylic acids is 1. The fourth-order valence-electron chi connectivity index (χ4n) is 6.38. The zero-order chi connectivity index (χ0) is 30.9. The zero-order valence-electron chi connectivity index (χ0n) is 29.6. The third kappa shape index (κ3) is 28.0. The normalized spacial score (nSPS) is 12.9. The van der Waals surface area contributed by atoms with Crippen LogP contribution in [0.1, 0.15) is 227 Å². The van der Waals surface area contributed by atoms with Crippen LogP contribution in [0, 0.1) is 5.92 Å². The maximum absolute atomic E-state index is 13.0. The van der Waals surface area contributed by atoms with Crippen LogP contribution in [0.5, 0.6) is 0 Å². The van der Waals surface area contributed by atoms with Crippen molar-refractivity contribution in [3.63, 3.8) is 0 Å². The molecule has 0 fully saturated rings. The number of unbranched alkanes of at least 4 members (excludes halogenated alkanes) is 22. The van der Waals surface area contributed by atoms with Crippen molar-refractivity contribution in [2.45, 2.75) is 233 Å². The smallest absolute Gasteiger partial charge is 0.306 e.